The van der Waals surface area contributed by atoms with Crippen LogP contribution in [0.1, 0.15) is 12.8 Å². The number of rotatable bonds is 5. The van der Waals surface area contributed by atoms with Crippen LogP contribution in [-0.2, 0) is 4.79 Å². The molecule has 2 saturated heterocycles. The van der Waals surface area contributed by atoms with Crippen molar-refractivity contribution in [2.24, 2.45) is 5.92 Å². The van der Waals surface area contributed by atoms with Gasteiger partial charge in [0.15, 0.2) is 5.82 Å². The molecule has 0 aliphatic carbocycles. The van der Waals surface area contributed by atoms with Crippen molar-refractivity contribution in [1.82, 2.24) is 29.6 Å². The van der Waals surface area contributed by atoms with Gasteiger partial charge in [-0.05, 0) is 25.0 Å². The fraction of sp³-hybridized carbons (Fsp3) is 0.435. The number of piperidine rings is 1. The normalized spacial score (nSPS) is 17.3. The van der Waals surface area contributed by atoms with E-state index in [-0.39, 0.29) is 11.8 Å². The van der Waals surface area contributed by atoms with Crippen molar-refractivity contribution in [2.45, 2.75) is 12.8 Å². The molecule has 0 bridgehead atoms. The molecule has 33 heavy (non-hydrogen) atoms. The zero-order chi connectivity index (χ0) is 22.6. The molecule has 2 fully saturated rings. The highest BCUT2D eigenvalue weighted by molar-refractivity contribution is 5.79. The summed E-state index contributed by atoms with van der Waals surface area (Å²) in [7, 11) is 1.68. The van der Waals surface area contributed by atoms with E-state index in [2.05, 4.69) is 42.0 Å². The Balaban J connectivity index is 1.14. The molecule has 0 radical (unpaired) electrons. The molecule has 2 aliphatic heterocycles. The van der Waals surface area contributed by atoms with Gasteiger partial charge in [0.1, 0.15) is 30.5 Å². The number of amides is 1. The lowest BCUT2D eigenvalue weighted by atomic mass is 9.95. The maximum Gasteiger partial charge on any atom is 0.225 e. The molecule has 172 valence electrons. The Kier molecular flexibility index (Phi) is 6.05. The van der Waals surface area contributed by atoms with Gasteiger partial charge in [-0.15, -0.1) is 0 Å². The average molecular weight is 449 g/mol. The number of piperazine rings is 1. The van der Waals surface area contributed by atoms with Gasteiger partial charge in [0.05, 0.1) is 7.11 Å². The van der Waals surface area contributed by atoms with Gasteiger partial charge in [0, 0.05) is 63.0 Å². The van der Waals surface area contributed by atoms with E-state index < -0.39 is 0 Å². The maximum absolute atomic E-state index is 13.2. The van der Waals surface area contributed by atoms with Crippen molar-refractivity contribution < 1.29 is 9.53 Å². The minimum absolute atomic E-state index is 0.0706. The Labute approximate surface area is 192 Å². The van der Waals surface area contributed by atoms with Crippen LogP contribution in [0.3, 0.4) is 0 Å². The molecule has 4 heterocycles. The first-order valence-electron chi connectivity index (χ1n) is 11.3. The third kappa shape index (κ3) is 4.59. The van der Waals surface area contributed by atoms with Gasteiger partial charge in [-0.3, -0.25) is 4.79 Å². The maximum atomic E-state index is 13.2. The lowest BCUT2D eigenvalue weighted by Gasteiger charge is -2.39. The zero-order valence-corrected chi connectivity index (χ0v) is 18.7. The molecule has 10 nitrogen and oxygen atoms in total. The second kappa shape index (κ2) is 9.43. The molecule has 2 aliphatic rings. The second-order valence-electron chi connectivity index (χ2n) is 8.35. The molecule has 5 rings (SSSR count). The molecule has 3 aromatic rings. The monoisotopic (exact) mass is 448 g/mol. The first kappa shape index (κ1) is 21.2. The summed E-state index contributed by atoms with van der Waals surface area (Å²) in [5.41, 5.74) is 1.14. The summed E-state index contributed by atoms with van der Waals surface area (Å²) in [5, 5.41) is 4.13. The topological polar surface area (TPSA) is 92.5 Å². The molecule has 1 amide bonds. The summed E-state index contributed by atoms with van der Waals surface area (Å²) in [6, 6.07) is 10.0. The van der Waals surface area contributed by atoms with Crippen molar-refractivity contribution >= 4 is 17.4 Å². The third-order valence-corrected chi connectivity index (χ3v) is 6.47. The summed E-state index contributed by atoms with van der Waals surface area (Å²) in [4.78, 5) is 32.4. The van der Waals surface area contributed by atoms with Gasteiger partial charge in [-0.25, -0.2) is 19.6 Å². The van der Waals surface area contributed by atoms with E-state index in [1.807, 2.05) is 23.1 Å². The van der Waals surface area contributed by atoms with Crippen molar-refractivity contribution in [2.75, 3.05) is 56.2 Å². The number of benzene rings is 1. The lowest BCUT2D eigenvalue weighted by Crippen LogP contribution is -2.51. The quantitative estimate of drug-likeness (QED) is 0.582. The van der Waals surface area contributed by atoms with Crippen LogP contribution in [0.15, 0.2) is 49.3 Å². The number of carbonyl (C=O) groups excluding carboxylic acids is 1. The number of carbonyl (C=O) groups is 1. The molecule has 0 saturated carbocycles. The molecule has 0 N–H and O–H groups in total. The van der Waals surface area contributed by atoms with Gasteiger partial charge in [-0.2, -0.15) is 5.10 Å². The van der Waals surface area contributed by atoms with Crippen LogP contribution < -0.4 is 14.5 Å². The number of methoxy groups -OCH3 is 1. The largest absolute Gasteiger partial charge is 0.497 e. The second-order valence-corrected chi connectivity index (χ2v) is 8.35. The Morgan fingerprint density at radius 3 is 2.45 bits per heavy atom. The van der Waals surface area contributed by atoms with Crippen LogP contribution in [-0.4, -0.2) is 81.9 Å². The molecular formula is C23H28N8O2. The smallest absolute Gasteiger partial charge is 0.225 e. The van der Waals surface area contributed by atoms with E-state index in [4.69, 9.17) is 4.74 Å². The number of ether oxygens (including phenoxy) is 1. The van der Waals surface area contributed by atoms with Gasteiger partial charge in [-0.1, -0.05) is 6.07 Å². The first-order chi connectivity index (χ1) is 16.2. The lowest BCUT2D eigenvalue weighted by molar-refractivity contribution is -0.136. The fourth-order valence-electron chi connectivity index (χ4n) is 4.57. The SMILES string of the molecule is COc1cccc(N2CCN(C(=O)C3CCN(c4cc(-n5cncn5)ncn4)CC3)CC2)c1. The first-order valence-corrected chi connectivity index (χ1v) is 11.3. The van der Waals surface area contributed by atoms with E-state index in [1.54, 1.807) is 24.4 Å². The highest BCUT2D eigenvalue weighted by Gasteiger charge is 2.31. The minimum Gasteiger partial charge on any atom is -0.497 e. The Hall–Kier alpha value is -3.69. The summed E-state index contributed by atoms with van der Waals surface area (Å²) >= 11 is 0. The molecule has 1 aromatic carbocycles. The Morgan fingerprint density at radius 2 is 1.73 bits per heavy atom. The van der Waals surface area contributed by atoms with E-state index in [0.717, 1.165) is 69.4 Å². The van der Waals surface area contributed by atoms with E-state index in [0.29, 0.717) is 5.82 Å². The molecule has 0 unspecified atom stereocenters. The van der Waals surface area contributed by atoms with Crippen molar-refractivity contribution in [3.05, 3.63) is 49.3 Å². The molecule has 2 aromatic heterocycles. The number of anilines is 2. The number of nitrogens with zero attached hydrogens (tertiary/aromatic N) is 8. The molecule has 10 heteroatoms. The van der Waals surface area contributed by atoms with Crippen molar-refractivity contribution in [3.8, 4) is 11.6 Å². The highest BCUT2D eigenvalue weighted by atomic mass is 16.5. The van der Waals surface area contributed by atoms with E-state index in [9.17, 15) is 4.79 Å². The van der Waals surface area contributed by atoms with E-state index in [1.165, 1.54) is 6.33 Å². The number of hydrogen-bond acceptors (Lipinski definition) is 8. The standard InChI is InChI=1S/C23H28N8O2/c1-33-20-4-2-3-19(13-20)28-9-11-30(12-10-28)23(32)18-5-7-29(8-6-18)21-14-22(26-16-25-21)31-17-24-15-27-31/h2-4,13-18H,5-12H2,1H3. The van der Waals surface area contributed by atoms with Crippen LogP contribution in [0, 0.1) is 5.92 Å². The van der Waals surface area contributed by atoms with Crippen LogP contribution in [0.4, 0.5) is 11.5 Å². The van der Waals surface area contributed by atoms with Gasteiger partial charge >= 0.3 is 0 Å². The van der Waals surface area contributed by atoms with Crippen LogP contribution in [0.25, 0.3) is 5.82 Å². The molecule has 0 atom stereocenters. The van der Waals surface area contributed by atoms with Crippen molar-refractivity contribution in [1.29, 1.82) is 0 Å². The molecular weight excluding hydrogens is 420 g/mol. The van der Waals surface area contributed by atoms with Crippen LogP contribution in [0.2, 0.25) is 0 Å². The Bertz CT molecular complexity index is 1070. The highest BCUT2D eigenvalue weighted by Crippen LogP contribution is 2.26. The van der Waals surface area contributed by atoms with Gasteiger partial charge < -0.3 is 19.4 Å². The van der Waals surface area contributed by atoms with Crippen LogP contribution in [0.5, 0.6) is 5.75 Å². The zero-order valence-electron chi connectivity index (χ0n) is 18.7. The fourth-order valence-corrected chi connectivity index (χ4v) is 4.57. The summed E-state index contributed by atoms with van der Waals surface area (Å²) in [6.45, 7) is 4.78. The predicted octanol–water partition coefficient (Wildman–Crippen LogP) is 1.63. The van der Waals surface area contributed by atoms with E-state index >= 15 is 0 Å². The average Bonchev–Trinajstić information content (AvgIpc) is 3.44. The van der Waals surface area contributed by atoms with Gasteiger partial charge in [0.25, 0.3) is 0 Å². The number of aromatic nitrogens is 5. The molecule has 0 spiro atoms. The Morgan fingerprint density at radius 1 is 0.939 bits per heavy atom. The predicted molar refractivity (Wildman–Crippen MR) is 124 cm³/mol. The van der Waals surface area contributed by atoms with Crippen LogP contribution >= 0.6 is 0 Å². The van der Waals surface area contributed by atoms with Crippen molar-refractivity contribution in [3.63, 3.8) is 0 Å². The minimum atomic E-state index is 0.0706. The number of hydrogen-bond donors (Lipinski definition) is 0. The van der Waals surface area contributed by atoms with Gasteiger partial charge in [0.2, 0.25) is 5.91 Å². The summed E-state index contributed by atoms with van der Waals surface area (Å²) in [5.74, 6) is 2.75. The third-order valence-electron chi connectivity index (χ3n) is 6.47. The summed E-state index contributed by atoms with van der Waals surface area (Å²) < 4.78 is 6.96. The summed E-state index contributed by atoms with van der Waals surface area (Å²) in [6.07, 6.45) is 6.31.